The van der Waals surface area contributed by atoms with Crippen LogP contribution in [0.5, 0.6) is 17.2 Å². The Morgan fingerprint density at radius 3 is 2.03 bits per heavy atom. The Kier molecular flexibility index (Phi) is 8.92. The minimum atomic E-state index is -0.798. The topological polar surface area (TPSA) is 114 Å². The molecule has 0 unspecified atom stereocenters. The molecule has 1 aliphatic rings. The molecular weight excluding hydrogens is 491 g/mol. The number of carbonyl (C=O) groups excluding carboxylic acids is 2. The molecule has 0 heterocycles. The lowest BCUT2D eigenvalue weighted by molar-refractivity contribution is -0.143. The Hall–Kier alpha value is -4.40. The van der Waals surface area contributed by atoms with Gasteiger partial charge >= 0.3 is 5.97 Å². The molecule has 0 radical (unpaired) electrons. The van der Waals surface area contributed by atoms with Crippen molar-refractivity contribution in [3.63, 3.8) is 0 Å². The average molecular weight is 521 g/mol. The van der Waals surface area contributed by atoms with Crippen LogP contribution in [-0.4, -0.2) is 42.1 Å². The van der Waals surface area contributed by atoms with Gasteiger partial charge in [-0.1, -0.05) is 18.2 Å². The van der Waals surface area contributed by atoms with E-state index in [9.17, 15) is 18.8 Å². The zero-order chi connectivity index (χ0) is 26.9. The first-order chi connectivity index (χ1) is 18.4. The number of hydrogen-bond donors (Lipinski definition) is 3. The van der Waals surface area contributed by atoms with E-state index in [2.05, 4.69) is 10.6 Å². The largest absolute Gasteiger partial charge is 0.490 e. The highest BCUT2D eigenvalue weighted by atomic mass is 19.1. The third-order valence-electron chi connectivity index (χ3n) is 6.30. The first-order valence-electron chi connectivity index (χ1n) is 12.5. The maximum Gasteiger partial charge on any atom is 0.306 e. The molecule has 2 amide bonds. The number of ether oxygens (including phenoxy) is 2. The number of rotatable bonds is 10. The Morgan fingerprint density at radius 1 is 0.789 bits per heavy atom. The number of aliphatic carboxylic acids is 1. The summed E-state index contributed by atoms with van der Waals surface area (Å²) < 4.78 is 26.0. The number of halogens is 1. The molecule has 0 atom stereocenters. The zero-order valence-electron chi connectivity index (χ0n) is 20.7. The van der Waals surface area contributed by atoms with Crippen LogP contribution < -0.4 is 20.1 Å². The lowest BCUT2D eigenvalue weighted by atomic mass is 9.87. The normalized spacial score (nSPS) is 16.8. The zero-order valence-corrected chi connectivity index (χ0v) is 20.7. The van der Waals surface area contributed by atoms with E-state index >= 15 is 0 Å². The van der Waals surface area contributed by atoms with Gasteiger partial charge in [0.15, 0.2) is 0 Å². The Labute approximate surface area is 219 Å². The standard InChI is InChI=1S/C29H29FN2O6/c30-26-18-24(38-23-12-8-20(9-13-23)29(35)36)14-15-25(26)28(34)32-17-16-31-27(33)19-6-10-22(11-7-19)37-21-4-2-1-3-5-21/h1-7,10-11,14-15,18,20,23H,8-9,12-13,16-17H2,(H,31,33)(H,32,34)(H,35,36)/t20-,23+. The number of amides is 2. The van der Waals surface area contributed by atoms with Crippen molar-refractivity contribution in [3.8, 4) is 17.2 Å². The Morgan fingerprint density at radius 2 is 1.39 bits per heavy atom. The summed E-state index contributed by atoms with van der Waals surface area (Å²) in [5.41, 5.74) is 0.307. The molecule has 3 aromatic rings. The van der Waals surface area contributed by atoms with Crippen molar-refractivity contribution in [3.05, 3.63) is 89.7 Å². The van der Waals surface area contributed by atoms with Crippen molar-refractivity contribution < 1.29 is 33.4 Å². The predicted molar refractivity (Wildman–Crippen MR) is 138 cm³/mol. The van der Waals surface area contributed by atoms with Gasteiger partial charge in [0.1, 0.15) is 23.1 Å². The monoisotopic (exact) mass is 520 g/mol. The third kappa shape index (κ3) is 7.32. The second-order valence-electron chi connectivity index (χ2n) is 9.02. The lowest BCUT2D eigenvalue weighted by Gasteiger charge is -2.26. The van der Waals surface area contributed by atoms with Crippen LogP contribution in [0.25, 0.3) is 0 Å². The Bertz CT molecular complexity index is 1260. The van der Waals surface area contributed by atoms with Crippen molar-refractivity contribution in [2.45, 2.75) is 31.8 Å². The smallest absolute Gasteiger partial charge is 0.306 e. The molecule has 3 N–H and O–H groups in total. The van der Waals surface area contributed by atoms with Crippen LogP contribution in [0.2, 0.25) is 0 Å². The number of benzene rings is 3. The maximum absolute atomic E-state index is 14.6. The van der Waals surface area contributed by atoms with E-state index in [-0.39, 0.29) is 36.6 Å². The van der Waals surface area contributed by atoms with Crippen molar-refractivity contribution in [1.29, 1.82) is 0 Å². The number of carboxylic acids is 1. The molecule has 0 aliphatic heterocycles. The molecule has 4 rings (SSSR count). The predicted octanol–water partition coefficient (Wildman–Crippen LogP) is 4.80. The van der Waals surface area contributed by atoms with Crippen molar-refractivity contribution in [1.82, 2.24) is 10.6 Å². The number of carbonyl (C=O) groups is 3. The summed E-state index contributed by atoms with van der Waals surface area (Å²) in [4.78, 5) is 35.8. The molecule has 38 heavy (non-hydrogen) atoms. The molecule has 3 aromatic carbocycles. The Balaban J connectivity index is 1.19. The van der Waals surface area contributed by atoms with E-state index in [4.69, 9.17) is 14.6 Å². The van der Waals surface area contributed by atoms with Crippen LogP contribution in [-0.2, 0) is 4.79 Å². The molecule has 198 valence electrons. The molecule has 0 aromatic heterocycles. The summed E-state index contributed by atoms with van der Waals surface area (Å²) in [5, 5.41) is 14.4. The number of hydrogen-bond acceptors (Lipinski definition) is 5. The SMILES string of the molecule is O=C(NCCNC(=O)c1ccc(O[C@H]2CC[C@@H](C(=O)O)CC2)cc1F)c1ccc(Oc2ccccc2)cc1. The highest BCUT2D eigenvalue weighted by Crippen LogP contribution is 2.28. The minimum absolute atomic E-state index is 0.115. The molecule has 1 fully saturated rings. The van der Waals surface area contributed by atoms with Crippen LogP contribution >= 0.6 is 0 Å². The number of carboxylic acid groups (broad SMARTS) is 1. The van der Waals surface area contributed by atoms with E-state index in [0.29, 0.717) is 48.5 Å². The van der Waals surface area contributed by atoms with Crippen LogP contribution in [0.15, 0.2) is 72.8 Å². The quantitative estimate of drug-likeness (QED) is 0.331. The van der Waals surface area contributed by atoms with Gasteiger partial charge in [0.25, 0.3) is 11.8 Å². The van der Waals surface area contributed by atoms with Gasteiger partial charge in [0.2, 0.25) is 0 Å². The molecular formula is C29H29FN2O6. The highest BCUT2D eigenvalue weighted by Gasteiger charge is 2.27. The van der Waals surface area contributed by atoms with Gasteiger partial charge in [0.05, 0.1) is 17.6 Å². The fraction of sp³-hybridized carbons (Fsp3) is 0.276. The van der Waals surface area contributed by atoms with E-state index in [1.54, 1.807) is 24.3 Å². The molecule has 0 saturated heterocycles. The highest BCUT2D eigenvalue weighted by molar-refractivity contribution is 5.95. The van der Waals surface area contributed by atoms with E-state index in [1.807, 2.05) is 30.3 Å². The average Bonchev–Trinajstić information content (AvgIpc) is 2.92. The molecule has 1 aliphatic carbocycles. The van der Waals surface area contributed by atoms with Crippen molar-refractivity contribution in [2.24, 2.45) is 5.92 Å². The number of para-hydroxylation sites is 1. The van der Waals surface area contributed by atoms with Gasteiger partial charge in [0, 0.05) is 24.7 Å². The maximum atomic E-state index is 14.6. The van der Waals surface area contributed by atoms with Gasteiger partial charge < -0.3 is 25.2 Å². The molecule has 9 heteroatoms. The summed E-state index contributed by atoms with van der Waals surface area (Å²) in [6.07, 6.45) is 2.03. The summed E-state index contributed by atoms with van der Waals surface area (Å²) in [7, 11) is 0. The number of nitrogens with one attached hydrogen (secondary N) is 2. The van der Waals surface area contributed by atoms with E-state index in [0.717, 1.165) is 6.07 Å². The molecule has 1 saturated carbocycles. The van der Waals surface area contributed by atoms with Crippen LogP contribution in [0, 0.1) is 11.7 Å². The summed E-state index contributed by atoms with van der Waals surface area (Å²) in [6.45, 7) is 0.277. The van der Waals surface area contributed by atoms with Crippen LogP contribution in [0.4, 0.5) is 4.39 Å². The van der Waals surface area contributed by atoms with E-state index in [1.165, 1.54) is 12.1 Å². The van der Waals surface area contributed by atoms with Gasteiger partial charge in [-0.3, -0.25) is 14.4 Å². The fourth-order valence-electron chi connectivity index (χ4n) is 4.22. The third-order valence-corrected chi connectivity index (χ3v) is 6.30. The second-order valence-corrected chi connectivity index (χ2v) is 9.02. The van der Waals surface area contributed by atoms with Gasteiger partial charge in [-0.15, -0.1) is 0 Å². The second kappa shape index (κ2) is 12.7. The van der Waals surface area contributed by atoms with Gasteiger partial charge in [-0.05, 0) is 74.2 Å². The van der Waals surface area contributed by atoms with Crippen LogP contribution in [0.1, 0.15) is 46.4 Å². The summed E-state index contributed by atoms with van der Waals surface area (Å²) >= 11 is 0. The lowest BCUT2D eigenvalue weighted by Crippen LogP contribution is -2.35. The van der Waals surface area contributed by atoms with Crippen molar-refractivity contribution >= 4 is 17.8 Å². The molecule has 8 nitrogen and oxygen atoms in total. The van der Waals surface area contributed by atoms with Crippen molar-refractivity contribution in [2.75, 3.05) is 13.1 Å². The minimum Gasteiger partial charge on any atom is -0.490 e. The fourth-order valence-corrected chi connectivity index (χ4v) is 4.22. The van der Waals surface area contributed by atoms with Gasteiger partial charge in [-0.25, -0.2) is 4.39 Å². The molecule has 0 bridgehead atoms. The summed E-state index contributed by atoms with van der Waals surface area (Å²) in [5.74, 6) is -1.20. The molecule has 0 spiro atoms. The van der Waals surface area contributed by atoms with Gasteiger partial charge in [-0.2, -0.15) is 0 Å². The first-order valence-corrected chi connectivity index (χ1v) is 12.5. The van der Waals surface area contributed by atoms with E-state index < -0.39 is 17.7 Å². The van der Waals surface area contributed by atoms with Crippen LogP contribution in [0.3, 0.4) is 0 Å². The first kappa shape index (κ1) is 26.7. The summed E-state index contributed by atoms with van der Waals surface area (Å²) in [6, 6.07) is 20.0.